The molecule has 2 N–H and O–H groups in total. The van der Waals surface area contributed by atoms with Crippen LogP contribution in [0, 0.1) is 5.92 Å². The number of rotatable bonds is 4. The fourth-order valence-corrected chi connectivity index (χ4v) is 1.65. The van der Waals surface area contributed by atoms with Crippen LogP contribution in [-0.2, 0) is 4.79 Å². The first-order chi connectivity index (χ1) is 7.40. The van der Waals surface area contributed by atoms with Gasteiger partial charge in [-0.05, 0) is 0 Å². The van der Waals surface area contributed by atoms with Gasteiger partial charge in [0.05, 0.1) is 11.4 Å². The summed E-state index contributed by atoms with van der Waals surface area (Å²) < 4.78 is 39.0. The number of carbonyl (C=O) groups is 1. The summed E-state index contributed by atoms with van der Waals surface area (Å²) in [6, 6.07) is -0.907. The van der Waals surface area contributed by atoms with Crippen LogP contribution in [0.1, 0.15) is 13.8 Å². The third-order valence-corrected chi connectivity index (χ3v) is 2.71. The lowest BCUT2D eigenvalue weighted by atomic mass is 9.92. The van der Waals surface area contributed by atoms with Crippen molar-refractivity contribution in [3.8, 4) is 0 Å². The van der Waals surface area contributed by atoms with Crippen LogP contribution in [0.25, 0.3) is 0 Å². The Balaban J connectivity index is 2.82. The molecule has 0 aliphatic carbocycles. The molecular weight excluding hydrogens is 223 g/mol. The lowest BCUT2D eigenvalue weighted by Crippen LogP contribution is -2.61. The molecule has 2 atom stereocenters. The number of ketones is 1. The number of hydrogen-bond donors (Lipinski definition) is 2. The first-order valence-corrected chi connectivity index (χ1v) is 5.19. The smallest absolute Gasteiger partial charge is 0.283 e. The Bertz CT molecular complexity index is 246. The summed E-state index contributed by atoms with van der Waals surface area (Å²) in [5, 5.41) is 3.95. The van der Waals surface area contributed by atoms with Gasteiger partial charge in [-0.15, -0.1) is 0 Å². The van der Waals surface area contributed by atoms with Gasteiger partial charge in [0.25, 0.3) is 5.79 Å². The molecule has 4 nitrogen and oxygen atoms in total. The fraction of sp³-hybridized carbons (Fsp3) is 0.889. The van der Waals surface area contributed by atoms with Crippen molar-refractivity contribution in [1.29, 1.82) is 0 Å². The van der Waals surface area contributed by atoms with Gasteiger partial charge in [-0.2, -0.15) is 0 Å². The molecule has 1 rings (SSSR count). The maximum Gasteiger partial charge on any atom is 0.283 e. The lowest BCUT2D eigenvalue weighted by Gasteiger charge is -2.32. The van der Waals surface area contributed by atoms with Crippen molar-refractivity contribution in [3.63, 3.8) is 0 Å². The number of alkyl halides is 1. The molecule has 0 amide bonds. The van der Waals surface area contributed by atoms with Crippen LogP contribution >= 0.6 is 0 Å². The second-order valence-corrected chi connectivity index (χ2v) is 4.14. The van der Waals surface area contributed by atoms with Gasteiger partial charge < -0.3 is 10.6 Å². The van der Waals surface area contributed by atoms with Gasteiger partial charge in [0.15, 0.2) is 0 Å². The highest BCUT2D eigenvalue weighted by Gasteiger charge is 2.52. The van der Waals surface area contributed by atoms with Crippen molar-refractivity contribution in [3.05, 3.63) is 0 Å². The van der Waals surface area contributed by atoms with E-state index in [9.17, 15) is 18.1 Å². The van der Waals surface area contributed by atoms with Crippen molar-refractivity contribution < 1.29 is 18.1 Å². The molecule has 0 radical (unpaired) electrons. The SMILES string of the molecule is CC(C)C(F)(C(=O)C1CNCCN1)N(F)F. The normalized spacial score (nSPS) is 25.8. The molecule has 0 bridgehead atoms. The van der Waals surface area contributed by atoms with E-state index in [0.717, 1.165) is 0 Å². The van der Waals surface area contributed by atoms with E-state index >= 15 is 0 Å². The number of nitrogens with zero attached hydrogens (tertiary/aromatic N) is 1. The molecule has 1 heterocycles. The first-order valence-electron chi connectivity index (χ1n) is 5.19. The molecule has 0 spiro atoms. The topological polar surface area (TPSA) is 44.4 Å². The first kappa shape index (κ1) is 13.4. The Morgan fingerprint density at radius 3 is 2.44 bits per heavy atom. The summed E-state index contributed by atoms with van der Waals surface area (Å²) in [6.07, 6.45) is 0. The summed E-state index contributed by atoms with van der Waals surface area (Å²) in [7, 11) is 0. The maximum absolute atomic E-state index is 14.0. The molecule has 16 heavy (non-hydrogen) atoms. The van der Waals surface area contributed by atoms with Crippen molar-refractivity contribution in [2.75, 3.05) is 19.6 Å². The zero-order chi connectivity index (χ0) is 12.3. The molecule has 1 saturated heterocycles. The molecule has 0 aromatic rings. The third kappa shape index (κ3) is 2.36. The van der Waals surface area contributed by atoms with Crippen LogP contribution < -0.4 is 10.6 Å². The number of hydrogen-bond acceptors (Lipinski definition) is 4. The molecule has 0 aromatic carbocycles. The van der Waals surface area contributed by atoms with E-state index in [1.807, 2.05) is 0 Å². The monoisotopic (exact) mass is 239 g/mol. The van der Waals surface area contributed by atoms with Gasteiger partial charge in [0.2, 0.25) is 5.78 Å². The van der Waals surface area contributed by atoms with Crippen molar-refractivity contribution in [2.45, 2.75) is 25.7 Å². The van der Waals surface area contributed by atoms with Crippen LogP contribution in [0.3, 0.4) is 0 Å². The molecule has 1 aliphatic rings. The second-order valence-electron chi connectivity index (χ2n) is 4.14. The molecule has 0 aromatic heterocycles. The van der Waals surface area contributed by atoms with Crippen LogP contribution in [0.4, 0.5) is 13.4 Å². The van der Waals surface area contributed by atoms with Crippen LogP contribution in [0.2, 0.25) is 0 Å². The molecular formula is C9H16F3N3O. The Morgan fingerprint density at radius 2 is 2.06 bits per heavy atom. The van der Waals surface area contributed by atoms with Crippen molar-refractivity contribution in [1.82, 2.24) is 16.0 Å². The van der Waals surface area contributed by atoms with Crippen LogP contribution in [0.15, 0.2) is 0 Å². The highest BCUT2D eigenvalue weighted by atomic mass is 19.4. The molecule has 2 unspecified atom stereocenters. The Kier molecular flexibility index (Phi) is 4.28. The molecule has 1 aliphatic heterocycles. The zero-order valence-corrected chi connectivity index (χ0v) is 9.27. The van der Waals surface area contributed by atoms with Crippen LogP contribution in [0.5, 0.6) is 0 Å². The minimum atomic E-state index is -3.23. The van der Waals surface area contributed by atoms with Crippen molar-refractivity contribution in [2.24, 2.45) is 5.92 Å². The van der Waals surface area contributed by atoms with E-state index in [2.05, 4.69) is 10.6 Å². The predicted octanol–water partition coefficient (Wildman–Crippen LogP) is 0.510. The fourth-order valence-electron chi connectivity index (χ4n) is 1.65. The molecule has 94 valence electrons. The lowest BCUT2D eigenvalue weighted by molar-refractivity contribution is -0.281. The van der Waals surface area contributed by atoms with Crippen molar-refractivity contribution >= 4 is 5.78 Å². The summed E-state index contributed by atoms with van der Waals surface area (Å²) in [5.74, 6) is -5.46. The number of halogens is 3. The minimum absolute atomic E-state index is 0.172. The van der Waals surface area contributed by atoms with E-state index in [-0.39, 0.29) is 6.54 Å². The second kappa shape index (κ2) is 5.11. The molecule has 7 heteroatoms. The minimum Gasteiger partial charge on any atom is -0.313 e. The zero-order valence-electron chi connectivity index (χ0n) is 9.27. The Hall–Kier alpha value is -0.660. The number of piperazine rings is 1. The summed E-state index contributed by atoms with van der Waals surface area (Å²) in [5.41, 5.74) is 0. The van der Waals surface area contributed by atoms with E-state index in [1.54, 1.807) is 0 Å². The average Bonchev–Trinajstić information content (AvgIpc) is 2.27. The summed E-state index contributed by atoms with van der Waals surface area (Å²) in [4.78, 5) is 11.7. The molecule has 1 fully saturated rings. The summed E-state index contributed by atoms with van der Waals surface area (Å²) >= 11 is 0. The van der Waals surface area contributed by atoms with Gasteiger partial charge >= 0.3 is 0 Å². The third-order valence-electron chi connectivity index (χ3n) is 2.71. The van der Waals surface area contributed by atoms with Gasteiger partial charge in [-0.25, -0.2) is 4.39 Å². The predicted molar refractivity (Wildman–Crippen MR) is 52.4 cm³/mol. The quantitative estimate of drug-likeness (QED) is 0.554. The van der Waals surface area contributed by atoms with Gasteiger partial charge in [-0.1, -0.05) is 22.8 Å². The maximum atomic E-state index is 14.0. The van der Waals surface area contributed by atoms with E-state index in [1.165, 1.54) is 13.8 Å². The molecule has 0 saturated carbocycles. The van der Waals surface area contributed by atoms with E-state index < -0.39 is 28.9 Å². The number of Topliss-reactive ketones (excluding diaryl/α,β-unsaturated/α-hetero) is 1. The van der Waals surface area contributed by atoms with E-state index in [4.69, 9.17) is 0 Å². The van der Waals surface area contributed by atoms with Crippen LogP contribution in [-0.4, -0.2) is 42.6 Å². The van der Waals surface area contributed by atoms with Gasteiger partial charge in [0.1, 0.15) is 0 Å². The highest BCUT2D eigenvalue weighted by Crippen LogP contribution is 2.30. The summed E-state index contributed by atoms with van der Waals surface area (Å²) in [6.45, 7) is 3.77. The standard InChI is InChI=1S/C9H16F3N3O/c1-6(2)9(10,15(11)12)8(16)7-5-13-3-4-14-7/h6-7,13-14H,3-5H2,1-2H3. The Labute approximate surface area is 92.0 Å². The highest BCUT2D eigenvalue weighted by molar-refractivity contribution is 5.91. The van der Waals surface area contributed by atoms with Gasteiger partial charge in [-0.3, -0.25) is 4.79 Å². The average molecular weight is 239 g/mol. The number of carbonyl (C=O) groups excluding carboxylic acids is 1. The largest absolute Gasteiger partial charge is 0.313 e. The number of nitrogens with one attached hydrogen (secondary N) is 2. The van der Waals surface area contributed by atoms with E-state index in [0.29, 0.717) is 13.1 Å². The van der Waals surface area contributed by atoms with Gasteiger partial charge in [0, 0.05) is 25.6 Å². The Morgan fingerprint density at radius 1 is 1.44 bits per heavy atom.